The van der Waals surface area contributed by atoms with Gasteiger partial charge in [0.25, 0.3) is 0 Å². The van der Waals surface area contributed by atoms with Crippen molar-refractivity contribution < 1.29 is 4.74 Å². The maximum absolute atomic E-state index is 7.45. The minimum absolute atomic E-state index is 0.608. The Balaban J connectivity index is 1.09. The van der Waals surface area contributed by atoms with Crippen LogP contribution in [0.3, 0.4) is 0 Å². The summed E-state index contributed by atoms with van der Waals surface area (Å²) in [5.74, 6) is 3.50. The molecule has 0 radical (unpaired) electrons. The van der Waals surface area contributed by atoms with E-state index < -0.39 is 5.41 Å². The van der Waals surface area contributed by atoms with Crippen LogP contribution in [0, 0.1) is 6.57 Å². The number of para-hydroxylation sites is 1. The molecule has 1 unspecified atom stereocenters. The van der Waals surface area contributed by atoms with Crippen LogP contribution in [0.25, 0.3) is 83.2 Å². The Hall–Kier alpha value is -8.46. The number of hydrogen-bond donors (Lipinski definition) is 0. The van der Waals surface area contributed by atoms with Crippen LogP contribution in [0.1, 0.15) is 22.3 Å². The molecular weight excluding hydrogens is 757 g/mol. The predicted octanol–water partition coefficient (Wildman–Crippen LogP) is 14.4. The molecule has 0 N–H and O–H groups in total. The Kier molecular flexibility index (Phi) is 8.06. The summed E-state index contributed by atoms with van der Waals surface area (Å²) in [5, 5.41) is 2.30. The molecule has 0 amide bonds. The van der Waals surface area contributed by atoms with Gasteiger partial charge in [-0.05, 0) is 79.5 Å². The second kappa shape index (κ2) is 14.1. The van der Waals surface area contributed by atoms with E-state index in [4.69, 9.17) is 26.3 Å². The zero-order chi connectivity index (χ0) is 41.2. The minimum Gasteiger partial charge on any atom is -0.457 e. The maximum Gasteiger partial charge on any atom is 0.187 e. The van der Waals surface area contributed by atoms with Gasteiger partial charge in [0, 0.05) is 27.8 Å². The summed E-state index contributed by atoms with van der Waals surface area (Å²) in [7, 11) is 0. The summed E-state index contributed by atoms with van der Waals surface area (Å²) in [5.41, 5.74) is 14.0. The van der Waals surface area contributed by atoms with E-state index in [-0.39, 0.29) is 0 Å². The number of nitrogens with zero attached hydrogens (tertiary/aromatic N) is 4. The van der Waals surface area contributed by atoms with Crippen molar-refractivity contribution in [3.05, 3.63) is 240 Å². The SMILES string of the molecule is [C-]#[N+]c1ccc(-c2ccc(-c3ccc4c(c3)C3(c5ccccc5O4)c4ccccc4-c4ccc(-c5nc(-c6ccccc6)nc(-c6ccccc6)n5)cc43)c3ccccc23)cc1. The maximum atomic E-state index is 7.45. The molecule has 0 saturated heterocycles. The predicted molar refractivity (Wildman–Crippen MR) is 248 cm³/mol. The molecular formula is C57H34N4O. The highest BCUT2D eigenvalue weighted by Crippen LogP contribution is 2.63. The van der Waals surface area contributed by atoms with Crippen LogP contribution in [-0.2, 0) is 5.41 Å². The van der Waals surface area contributed by atoms with Crippen LogP contribution in [-0.4, -0.2) is 15.0 Å². The molecule has 1 aliphatic heterocycles. The zero-order valence-electron chi connectivity index (χ0n) is 33.3. The minimum atomic E-state index is -0.722. The van der Waals surface area contributed by atoms with Gasteiger partial charge in [0.2, 0.25) is 0 Å². The Bertz CT molecular complexity index is 3390. The molecule has 12 rings (SSSR count). The number of ether oxygens (including phenoxy) is 1. The fourth-order valence-corrected chi connectivity index (χ4v) is 9.66. The normalized spacial score (nSPS) is 14.3. The summed E-state index contributed by atoms with van der Waals surface area (Å²) in [6.45, 7) is 7.45. The third-order valence-electron chi connectivity index (χ3n) is 12.4. The summed E-state index contributed by atoms with van der Waals surface area (Å²) >= 11 is 0. The number of aromatic nitrogens is 3. The Morgan fingerprint density at radius 2 is 0.839 bits per heavy atom. The first kappa shape index (κ1) is 35.5. The van der Waals surface area contributed by atoms with Gasteiger partial charge in [-0.15, -0.1) is 0 Å². The molecule has 0 fully saturated rings. The smallest absolute Gasteiger partial charge is 0.187 e. The van der Waals surface area contributed by atoms with Crippen molar-refractivity contribution in [3.63, 3.8) is 0 Å². The van der Waals surface area contributed by atoms with Crippen molar-refractivity contribution in [1.29, 1.82) is 0 Å². The molecule has 0 bridgehead atoms. The molecule has 2 aliphatic rings. The molecule has 9 aromatic carbocycles. The summed E-state index contributed by atoms with van der Waals surface area (Å²) < 4.78 is 6.86. The summed E-state index contributed by atoms with van der Waals surface area (Å²) in [4.78, 5) is 18.9. The molecule has 1 spiro atoms. The topological polar surface area (TPSA) is 52.3 Å². The lowest BCUT2D eigenvalue weighted by atomic mass is 9.65. The van der Waals surface area contributed by atoms with Crippen LogP contribution >= 0.6 is 0 Å². The molecule has 1 aromatic heterocycles. The Morgan fingerprint density at radius 1 is 0.355 bits per heavy atom. The molecule has 62 heavy (non-hydrogen) atoms. The second-order valence-electron chi connectivity index (χ2n) is 15.8. The molecule has 1 aliphatic carbocycles. The standard InChI is InChI=1S/C57H34N4O/c1-58-41-28-24-36(25-29-41)42-31-32-43(45-19-9-8-18-44(42)45)39-27-33-53-51(34-39)57(49-22-12-13-23-52(49)62-53)48-21-11-10-20-46(48)47-30-26-40(35-50(47)57)56-60-54(37-14-4-2-5-15-37)59-55(61-56)38-16-6-3-7-17-38/h2-35H. The van der Waals surface area contributed by atoms with Gasteiger partial charge in [-0.1, -0.05) is 182 Å². The number of benzene rings is 9. The molecule has 5 heteroatoms. The first-order chi connectivity index (χ1) is 30.7. The van der Waals surface area contributed by atoms with Crippen LogP contribution in [0.15, 0.2) is 206 Å². The highest BCUT2D eigenvalue weighted by atomic mass is 16.5. The lowest BCUT2D eigenvalue weighted by molar-refractivity contribution is 0.436. The average Bonchev–Trinajstić information content (AvgIpc) is 3.64. The first-order valence-electron chi connectivity index (χ1n) is 20.7. The quantitative estimate of drug-likeness (QED) is 0.163. The zero-order valence-corrected chi connectivity index (χ0v) is 33.3. The van der Waals surface area contributed by atoms with E-state index in [1.54, 1.807) is 0 Å². The van der Waals surface area contributed by atoms with E-state index in [0.717, 1.165) is 83.5 Å². The van der Waals surface area contributed by atoms with Gasteiger partial charge in [0.15, 0.2) is 23.2 Å². The van der Waals surface area contributed by atoms with Gasteiger partial charge in [0.05, 0.1) is 12.0 Å². The van der Waals surface area contributed by atoms with Crippen LogP contribution in [0.2, 0.25) is 0 Å². The van der Waals surface area contributed by atoms with E-state index in [1.165, 1.54) is 11.1 Å². The van der Waals surface area contributed by atoms with E-state index >= 15 is 0 Å². The summed E-state index contributed by atoms with van der Waals surface area (Å²) in [6, 6.07) is 71.8. The second-order valence-corrected chi connectivity index (χ2v) is 15.8. The fourth-order valence-electron chi connectivity index (χ4n) is 9.66. The van der Waals surface area contributed by atoms with E-state index in [1.807, 2.05) is 91.0 Å². The third kappa shape index (κ3) is 5.44. The van der Waals surface area contributed by atoms with Crippen LogP contribution < -0.4 is 4.74 Å². The fraction of sp³-hybridized carbons (Fsp3) is 0.0175. The van der Waals surface area contributed by atoms with Gasteiger partial charge in [0.1, 0.15) is 11.5 Å². The van der Waals surface area contributed by atoms with E-state index in [2.05, 4.69) is 120 Å². The third-order valence-corrected chi connectivity index (χ3v) is 12.4. The number of rotatable bonds is 5. The Labute approximate surface area is 359 Å². The van der Waals surface area contributed by atoms with Crippen molar-refractivity contribution in [2.75, 3.05) is 0 Å². The molecule has 10 aromatic rings. The van der Waals surface area contributed by atoms with Gasteiger partial charge < -0.3 is 4.74 Å². The summed E-state index contributed by atoms with van der Waals surface area (Å²) in [6.07, 6.45) is 0. The average molecular weight is 791 g/mol. The largest absolute Gasteiger partial charge is 0.457 e. The number of hydrogen-bond acceptors (Lipinski definition) is 4. The van der Waals surface area contributed by atoms with E-state index in [0.29, 0.717) is 23.2 Å². The highest BCUT2D eigenvalue weighted by molar-refractivity contribution is 6.05. The molecule has 1 atom stereocenters. The first-order valence-corrected chi connectivity index (χ1v) is 20.7. The molecule has 5 nitrogen and oxygen atoms in total. The van der Waals surface area contributed by atoms with Crippen molar-refractivity contribution in [2.45, 2.75) is 5.41 Å². The lowest BCUT2D eigenvalue weighted by Gasteiger charge is -2.39. The highest BCUT2D eigenvalue weighted by Gasteiger charge is 2.51. The number of fused-ring (bicyclic) bond motifs is 10. The van der Waals surface area contributed by atoms with Crippen molar-refractivity contribution in [1.82, 2.24) is 15.0 Å². The molecule has 2 heterocycles. The van der Waals surface area contributed by atoms with Crippen molar-refractivity contribution in [2.24, 2.45) is 0 Å². The van der Waals surface area contributed by atoms with Gasteiger partial charge in [-0.3, -0.25) is 0 Å². The van der Waals surface area contributed by atoms with Crippen molar-refractivity contribution in [3.8, 4) is 79.0 Å². The molecule has 0 saturated carbocycles. The lowest BCUT2D eigenvalue weighted by Crippen LogP contribution is -2.32. The van der Waals surface area contributed by atoms with Crippen molar-refractivity contribution >= 4 is 16.5 Å². The monoisotopic (exact) mass is 790 g/mol. The van der Waals surface area contributed by atoms with Gasteiger partial charge in [-0.25, -0.2) is 19.8 Å². The van der Waals surface area contributed by atoms with Crippen LogP contribution in [0.5, 0.6) is 11.5 Å². The van der Waals surface area contributed by atoms with Gasteiger partial charge in [-0.2, -0.15) is 0 Å². The molecule has 288 valence electrons. The van der Waals surface area contributed by atoms with Gasteiger partial charge >= 0.3 is 0 Å². The van der Waals surface area contributed by atoms with Crippen LogP contribution in [0.4, 0.5) is 5.69 Å². The van der Waals surface area contributed by atoms with E-state index in [9.17, 15) is 0 Å². The Morgan fingerprint density at radius 3 is 1.52 bits per heavy atom.